The second-order valence-electron chi connectivity index (χ2n) is 6.70. The summed E-state index contributed by atoms with van der Waals surface area (Å²) in [6.07, 6.45) is 5.30. The van der Waals surface area contributed by atoms with Crippen LogP contribution in [0, 0.1) is 16.7 Å². The molecule has 5 nitrogen and oxygen atoms in total. The van der Waals surface area contributed by atoms with Crippen molar-refractivity contribution in [1.82, 2.24) is 9.97 Å². The van der Waals surface area contributed by atoms with Crippen LogP contribution < -0.4 is 16.0 Å². The molecule has 2 aliphatic carbocycles. The lowest BCUT2D eigenvalue weighted by atomic mass is 9.70. The summed E-state index contributed by atoms with van der Waals surface area (Å²) in [6.45, 7) is 7.09. The smallest absolute Gasteiger partial charge is 0.233 e. The van der Waals surface area contributed by atoms with Gasteiger partial charge in [0.15, 0.2) is 5.82 Å². The maximum atomic E-state index is 6.23. The van der Waals surface area contributed by atoms with Gasteiger partial charge in [-0.3, -0.25) is 0 Å². The normalized spacial score (nSPS) is 34.2. The Hall–Kier alpha value is -0.880. The van der Waals surface area contributed by atoms with E-state index in [1.165, 1.54) is 19.2 Å². The Balaban J connectivity index is 1.87. The number of aromatic nitrogens is 2. The zero-order valence-electron chi connectivity index (χ0n) is 12.1. The van der Waals surface area contributed by atoms with Gasteiger partial charge < -0.3 is 10.2 Å². The van der Waals surface area contributed by atoms with Gasteiger partial charge >= 0.3 is 0 Å². The number of nitrogens with one attached hydrogen (secondary N) is 1. The van der Waals surface area contributed by atoms with Gasteiger partial charge in [0.2, 0.25) is 5.88 Å². The second kappa shape index (κ2) is 4.56. The fourth-order valence-corrected chi connectivity index (χ4v) is 4.39. The molecule has 1 aromatic rings. The Morgan fingerprint density at radius 2 is 2.15 bits per heavy atom. The molecule has 1 aromatic heterocycles. The third-order valence-electron chi connectivity index (χ3n) is 5.86. The molecule has 0 aromatic carbocycles. The Bertz CT molecular complexity index is 536. The first-order chi connectivity index (χ1) is 9.40. The van der Waals surface area contributed by atoms with Crippen molar-refractivity contribution in [2.24, 2.45) is 22.6 Å². The monoisotopic (exact) mass is 340 g/mol. The Morgan fingerprint density at radius 3 is 2.70 bits per heavy atom. The predicted octanol–water partition coefficient (Wildman–Crippen LogP) is 3.12. The van der Waals surface area contributed by atoms with Crippen molar-refractivity contribution < 1.29 is 4.74 Å². The van der Waals surface area contributed by atoms with Crippen LogP contribution in [0.25, 0.3) is 0 Å². The van der Waals surface area contributed by atoms with Crippen LogP contribution >= 0.6 is 15.9 Å². The molecule has 3 unspecified atom stereocenters. The molecule has 110 valence electrons. The number of hydrazine groups is 1. The zero-order chi connectivity index (χ0) is 14.5. The van der Waals surface area contributed by atoms with Crippen molar-refractivity contribution in [3.8, 4) is 5.88 Å². The van der Waals surface area contributed by atoms with Crippen LogP contribution in [0.5, 0.6) is 5.88 Å². The molecule has 0 saturated heterocycles. The fraction of sp³-hybridized carbons (Fsp3) is 0.714. The van der Waals surface area contributed by atoms with Crippen LogP contribution in [0.2, 0.25) is 0 Å². The summed E-state index contributed by atoms with van der Waals surface area (Å²) in [4.78, 5) is 8.29. The number of nitrogen functional groups attached to an aromatic ring is 1. The minimum Gasteiger partial charge on any atom is -0.473 e. The summed E-state index contributed by atoms with van der Waals surface area (Å²) >= 11 is 3.46. The van der Waals surface area contributed by atoms with Gasteiger partial charge in [-0.1, -0.05) is 20.8 Å². The summed E-state index contributed by atoms with van der Waals surface area (Å²) in [5.41, 5.74) is 3.07. The molecule has 20 heavy (non-hydrogen) atoms. The highest BCUT2D eigenvalue weighted by Gasteiger charge is 2.62. The first kappa shape index (κ1) is 14.1. The number of anilines is 1. The van der Waals surface area contributed by atoms with E-state index in [-0.39, 0.29) is 11.5 Å². The minimum absolute atomic E-state index is 0.202. The maximum absolute atomic E-state index is 6.23. The van der Waals surface area contributed by atoms with E-state index < -0.39 is 0 Å². The van der Waals surface area contributed by atoms with E-state index in [1.807, 2.05) is 0 Å². The van der Waals surface area contributed by atoms with Crippen LogP contribution in [0.15, 0.2) is 10.8 Å². The maximum Gasteiger partial charge on any atom is 0.233 e. The lowest BCUT2D eigenvalue weighted by Crippen LogP contribution is -2.39. The van der Waals surface area contributed by atoms with Crippen molar-refractivity contribution in [1.29, 1.82) is 0 Å². The van der Waals surface area contributed by atoms with Crippen LogP contribution in [0.4, 0.5) is 5.82 Å². The highest BCUT2D eigenvalue weighted by molar-refractivity contribution is 9.10. The number of hydrogen-bond acceptors (Lipinski definition) is 5. The van der Waals surface area contributed by atoms with Gasteiger partial charge in [0.1, 0.15) is 16.9 Å². The molecule has 0 aliphatic heterocycles. The number of nitrogens with zero attached hydrogens (tertiary/aromatic N) is 2. The van der Waals surface area contributed by atoms with Crippen molar-refractivity contribution in [3.63, 3.8) is 0 Å². The molecule has 3 rings (SSSR count). The summed E-state index contributed by atoms with van der Waals surface area (Å²) in [6, 6.07) is 0. The lowest BCUT2D eigenvalue weighted by Gasteiger charge is -2.38. The van der Waals surface area contributed by atoms with Gasteiger partial charge in [0.05, 0.1) is 0 Å². The average molecular weight is 341 g/mol. The number of ether oxygens (including phenoxy) is 1. The van der Waals surface area contributed by atoms with Crippen LogP contribution in [-0.2, 0) is 0 Å². The van der Waals surface area contributed by atoms with E-state index in [2.05, 4.69) is 52.1 Å². The van der Waals surface area contributed by atoms with Gasteiger partial charge in [0.25, 0.3) is 0 Å². The zero-order valence-corrected chi connectivity index (χ0v) is 13.7. The van der Waals surface area contributed by atoms with E-state index in [0.29, 0.717) is 21.6 Å². The fourth-order valence-electron chi connectivity index (χ4n) is 3.98. The van der Waals surface area contributed by atoms with Gasteiger partial charge in [-0.15, -0.1) is 0 Å². The minimum atomic E-state index is 0.202. The standard InChI is InChI=1S/C14H21BrN4O/c1-13(2)8-4-5-14(13,3)9(6-8)20-12-10(15)11(19-16)17-7-18-12/h7-9H,4-6,16H2,1-3H3,(H,17,18,19). The highest BCUT2D eigenvalue weighted by atomic mass is 79.9. The Kier molecular flexibility index (Phi) is 3.21. The second-order valence-corrected chi connectivity index (χ2v) is 7.50. The number of nitrogens with two attached hydrogens (primary N) is 1. The average Bonchev–Trinajstić information content (AvgIpc) is 2.74. The molecule has 2 fully saturated rings. The van der Waals surface area contributed by atoms with E-state index in [9.17, 15) is 0 Å². The SMILES string of the molecule is CC1(C)C2CCC1(C)C(Oc1ncnc(NN)c1Br)C2. The van der Waals surface area contributed by atoms with Crippen molar-refractivity contribution in [3.05, 3.63) is 10.8 Å². The molecule has 6 heteroatoms. The van der Waals surface area contributed by atoms with E-state index in [0.717, 1.165) is 12.3 Å². The molecular weight excluding hydrogens is 320 g/mol. The Labute approximate surface area is 127 Å². The number of rotatable bonds is 3. The summed E-state index contributed by atoms with van der Waals surface area (Å²) in [5.74, 6) is 7.29. The molecule has 1 heterocycles. The number of hydrogen-bond donors (Lipinski definition) is 2. The third kappa shape index (κ3) is 1.77. The first-order valence-electron chi connectivity index (χ1n) is 7.04. The molecule has 2 bridgehead atoms. The number of halogens is 1. The van der Waals surface area contributed by atoms with Crippen molar-refractivity contribution in [2.45, 2.75) is 46.1 Å². The van der Waals surface area contributed by atoms with Gasteiger partial charge in [-0.25, -0.2) is 15.8 Å². The predicted molar refractivity (Wildman–Crippen MR) is 81.2 cm³/mol. The van der Waals surface area contributed by atoms with E-state index in [1.54, 1.807) is 0 Å². The van der Waals surface area contributed by atoms with Gasteiger partial charge in [0, 0.05) is 5.41 Å². The third-order valence-corrected chi connectivity index (χ3v) is 6.58. The lowest BCUT2D eigenvalue weighted by molar-refractivity contribution is 0.0267. The van der Waals surface area contributed by atoms with Crippen LogP contribution in [-0.4, -0.2) is 16.1 Å². The molecular formula is C14H21BrN4O. The summed E-state index contributed by atoms with van der Waals surface area (Å²) in [7, 11) is 0. The number of fused-ring (bicyclic) bond motifs is 2. The molecule has 3 N–H and O–H groups in total. The van der Waals surface area contributed by atoms with Crippen LogP contribution in [0.1, 0.15) is 40.0 Å². The molecule has 2 saturated carbocycles. The van der Waals surface area contributed by atoms with E-state index in [4.69, 9.17) is 10.6 Å². The van der Waals surface area contributed by atoms with Crippen molar-refractivity contribution >= 4 is 21.7 Å². The van der Waals surface area contributed by atoms with Crippen molar-refractivity contribution in [2.75, 3.05) is 5.43 Å². The Morgan fingerprint density at radius 1 is 1.40 bits per heavy atom. The summed E-state index contributed by atoms with van der Waals surface area (Å²) in [5, 5.41) is 0. The molecule has 0 spiro atoms. The van der Waals surface area contributed by atoms with E-state index >= 15 is 0 Å². The van der Waals surface area contributed by atoms with Gasteiger partial charge in [-0.05, 0) is 46.5 Å². The molecule has 3 atom stereocenters. The van der Waals surface area contributed by atoms with Gasteiger partial charge in [-0.2, -0.15) is 0 Å². The highest BCUT2D eigenvalue weighted by Crippen LogP contribution is 2.66. The summed E-state index contributed by atoms with van der Waals surface area (Å²) < 4.78 is 6.91. The first-order valence-corrected chi connectivity index (χ1v) is 7.83. The molecule has 0 amide bonds. The quantitative estimate of drug-likeness (QED) is 0.653. The largest absolute Gasteiger partial charge is 0.473 e. The van der Waals surface area contributed by atoms with Crippen LogP contribution in [0.3, 0.4) is 0 Å². The molecule has 0 radical (unpaired) electrons. The topological polar surface area (TPSA) is 73.1 Å². The molecule has 2 aliphatic rings.